The van der Waals surface area contributed by atoms with Crippen molar-refractivity contribution in [3.05, 3.63) is 12.2 Å². The summed E-state index contributed by atoms with van der Waals surface area (Å²) in [5, 5.41) is 23.8. The van der Waals surface area contributed by atoms with E-state index >= 15 is 0 Å². The van der Waals surface area contributed by atoms with Gasteiger partial charge in [0, 0.05) is 6.42 Å². The van der Waals surface area contributed by atoms with Gasteiger partial charge in [0.05, 0.1) is 25.2 Å². The molecule has 0 aliphatic heterocycles. The van der Waals surface area contributed by atoms with E-state index in [4.69, 9.17) is 4.74 Å². The topological polar surface area (TPSA) is 95.9 Å². The molecule has 0 aromatic heterocycles. The van der Waals surface area contributed by atoms with Crippen LogP contribution in [0.3, 0.4) is 0 Å². The molecule has 0 rings (SSSR count). The van der Waals surface area contributed by atoms with Crippen molar-refractivity contribution >= 4 is 11.9 Å². The number of hydrogen-bond acceptors (Lipinski definition) is 5. The third-order valence-corrected chi connectivity index (χ3v) is 13.3. The molecule has 0 aromatic rings. The molecule has 0 aliphatic carbocycles. The number of carbonyl (C=O) groups excluding carboxylic acids is 2. The first-order valence-electron chi connectivity index (χ1n) is 28.4. The first kappa shape index (κ1) is 61.6. The zero-order valence-corrected chi connectivity index (χ0v) is 42.7. The largest absolute Gasteiger partial charge is 0.462 e. The highest BCUT2D eigenvalue weighted by molar-refractivity contribution is 5.77. The van der Waals surface area contributed by atoms with Gasteiger partial charge in [0.2, 0.25) is 5.91 Å². The Hall–Kier alpha value is -1.40. The minimum absolute atomic E-state index is 0.0793. The van der Waals surface area contributed by atoms with Gasteiger partial charge in [-0.3, -0.25) is 9.59 Å². The Labute approximate surface area is 393 Å². The zero-order chi connectivity index (χ0) is 45.9. The van der Waals surface area contributed by atoms with Gasteiger partial charge in [0.1, 0.15) is 6.10 Å². The lowest BCUT2D eigenvalue weighted by atomic mass is 10.0. The summed E-state index contributed by atoms with van der Waals surface area (Å²) in [6.45, 7) is 6.51. The molecule has 0 saturated carbocycles. The molecule has 3 atom stereocenters. The lowest BCUT2D eigenvalue weighted by Crippen LogP contribution is -2.46. The maximum Gasteiger partial charge on any atom is 0.306 e. The Morgan fingerprint density at radius 2 is 0.762 bits per heavy atom. The molecule has 374 valence electrons. The van der Waals surface area contributed by atoms with Crippen LogP contribution in [0.5, 0.6) is 0 Å². The quantitative estimate of drug-likeness (QED) is 0.0321. The van der Waals surface area contributed by atoms with Gasteiger partial charge in [-0.05, 0) is 51.4 Å². The Kier molecular flexibility index (Phi) is 50.4. The summed E-state index contributed by atoms with van der Waals surface area (Å²) >= 11 is 0. The van der Waals surface area contributed by atoms with Gasteiger partial charge in [-0.15, -0.1) is 0 Å². The molecule has 3 unspecified atom stereocenters. The lowest BCUT2D eigenvalue weighted by molar-refractivity contribution is -0.151. The van der Waals surface area contributed by atoms with Crippen molar-refractivity contribution in [3.8, 4) is 0 Å². The number of unbranched alkanes of at least 4 members (excludes halogenated alkanes) is 38. The number of hydrogen-bond donors (Lipinski definition) is 3. The van der Waals surface area contributed by atoms with Crippen molar-refractivity contribution in [2.75, 3.05) is 6.61 Å². The van der Waals surface area contributed by atoms with E-state index in [0.29, 0.717) is 19.3 Å². The molecule has 63 heavy (non-hydrogen) atoms. The van der Waals surface area contributed by atoms with Gasteiger partial charge < -0.3 is 20.3 Å². The fraction of sp³-hybridized carbons (Fsp3) is 0.930. The van der Waals surface area contributed by atoms with E-state index in [2.05, 4.69) is 38.2 Å². The molecule has 0 bridgehead atoms. The van der Waals surface area contributed by atoms with Crippen molar-refractivity contribution in [2.45, 2.75) is 334 Å². The van der Waals surface area contributed by atoms with Crippen LogP contribution < -0.4 is 5.32 Å². The Morgan fingerprint density at radius 3 is 1.14 bits per heavy atom. The third kappa shape index (κ3) is 46.9. The molecule has 0 aromatic carbocycles. The monoisotopic (exact) mass is 890 g/mol. The van der Waals surface area contributed by atoms with Crippen LogP contribution in [0.2, 0.25) is 0 Å². The molecule has 0 radical (unpaired) electrons. The normalized spacial score (nSPS) is 13.2. The second-order valence-corrected chi connectivity index (χ2v) is 19.7. The Balaban J connectivity index is 4.49. The molecule has 0 fully saturated rings. The smallest absolute Gasteiger partial charge is 0.306 e. The van der Waals surface area contributed by atoms with Gasteiger partial charge in [-0.2, -0.15) is 0 Å². The number of allylic oxidation sites excluding steroid dienone is 2. The number of aliphatic hydroxyl groups is 2. The van der Waals surface area contributed by atoms with Crippen LogP contribution in [0.4, 0.5) is 0 Å². The maximum atomic E-state index is 13.2. The lowest BCUT2D eigenvalue weighted by Gasteiger charge is -2.24. The molecule has 0 aliphatic rings. The Bertz CT molecular complexity index is 955. The molecular weight excluding hydrogens is 779 g/mol. The highest BCUT2D eigenvalue weighted by atomic mass is 16.5. The van der Waals surface area contributed by atoms with Crippen LogP contribution in [0.15, 0.2) is 12.2 Å². The summed E-state index contributed by atoms with van der Waals surface area (Å²) in [6, 6.07) is -0.698. The number of esters is 1. The van der Waals surface area contributed by atoms with Gasteiger partial charge in [-0.1, -0.05) is 264 Å². The minimum Gasteiger partial charge on any atom is -0.462 e. The van der Waals surface area contributed by atoms with Crippen LogP contribution >= 0.6 is 0 Å². The molecule has 6 heteroatoms. The van der Waals surface area contributed by atoms with Gasteiger partial charge in [-0.25, -0.2) is 0 Å². The summed E-state index contributed by atoms with van der Waals surface area (Å²) in [5.74, 6) is -0.460. The van der Waals surface area contributed by atoms with Gasteiger partial charge >= 0.3 is 5.97 Å². The van der Waals surface area contributed by atoms with Crippen molar-refractivity contribution in [2.24, 2.45) is 0 Å². The van der Waals surface area contributed by atoms with E-state index in [0.717, 1.165) is 57.8 Å². The number of amides is 1. The van der Waals surface area contributed by atoms with E-state index in [1.54, 1.807) is 0 Å². The fourth-order valence-electron chi connectivity index (χ4n) is 9.02. The summed E-state index contributed by atoms with van der Waals surface area (Å²) < 4.78 is 5.96. The number of rotatable bonds is 52. The molecule has 1 amide bonds. The second-order valence-electron chi connectivity index (χ2n) is 19.7. The molecule has 3 N–H and O–H groups in total. The van der Waals surface area contributed by atoms with E-state index in [1.165, 1.54) is 212 Å². The van der Waals surface area contributed by atoms with E-state index < -0.39 is 18.2 Å². The number of aliphatic hydroxyl groups excluding tert-OH is 2. The van der Waals surface area contributed by atoms with Crippen molar-refractivity contribution < 1.29 is 24.5 Å². The number of nitrogens with one attached hydrogen (secondary N) is 1. The molecule has 6 nitrogen and oxygen atoms in total. The second kappa shape index (κ2) is 51.6. The predicted octanol–water partition coefficient (Wildman–Crippen LogP) is 17.3. The summed E-state index contributed by atoms with van der Waals surface area (Å²) in [7, 11) is 0. The van der Waals surface area contributed by atoms with E-state index in [-0.39, 0.29) is 24.9 Å². The Morgan fingerprint density at radius 1 is 0.444 bits per heavy atom. The maximum absolute atomic E-state index is 13.2. The average Bonchev–Trinajstić information content (AvgIpc) is 3.28. The highest BCUT2D eigenvalue weighted by Gasteiger charge is 2.24. The fourth-order valence-corrected chi connectivity index (χ4v) is 9.02. The summed E-state index contributed by atoms with van der Waals surface area (Å²) in [6.07, 6.45) is 58.5. The number of ether oxygens (including phenoxy) is 1. The minimum atomic E-state index is -0.784. The molecule has 0 saturated heterocycles. The molecular formula is C57H111NO5. The van der Waals surface area contributed by atoms with Crippen molar-refractivity contribution in [1.82, 2.24) is 5.32 Å². The highest BCUT2D eigenvalue weighted by Crippen LogP contribution is 2.19. The van der Waals surface area contributed by atoms with Crippen LogP contribution in [-0.2, 0) is 14.3 Å². The first-order chi connectivity index (χ1) is 31.0. The molecule has 0 heterocycles. The van der Waals surface area contributed by atoms with E-state index in [1.807, 2.05) is 0 Å². The zero-order valence-electron chi connectivity index (χ0n) is 42.7. The predicted molar refractivity (Wildman–Crippen MR) is 273 cm³/mol. The third-order valence-electron chi connectivity index (χ3n) is 13.3. The van der Waals surface area contributed by atoms with Crippen LogP contribution in [0.1, 0.15) is 316 Å². The first-order valence-corrected chi connectivity index (χ1v) is 28.4. The van der Waals surface area contributed by atoms with E-state index in [9.17, 15) is 19.8 Å². The van der Waals surface area contributed by atoms with Gasteiger partial charge in [0.25, 0.3) is 0 Å². The van der Waals surface area contributed by atoms with Crippen LogP contribution in [-0.4, -0.2) is 46.9 Å². The standard InChI is InChI=1S/C57H111NO5/c1-4-7-10-13-16-19-22-25-27-28-29-32-35-38-41-44-47-50-57(62)63-53(48-45-42-39-36-33-30-24-21-18-15-12-9-6-3)51-56(61)58-54(52-59)55(60)49-46-43-40-37-34-31-26-23-20-17-14-11-8-5-2/h21,24,53-55,59-60H,4-20,22-23,25-52H2,1-3H3,(H,58,61)/b24-21-. The van der Waals surface area contributed by atoms with Crippen LogP contribution in [0.25, 0.3) is 0 Å². The van der Waals surface area contributed by atoms with Crippen molar-refractivity contribution in [1.29, 1.82) is 0 Å². The molecule has 0 spiro atoms. The summed E-state index contributed by atoms with van der Waals surface area (Å²) in [5.41, 5.74) is 0. The SMILES string of the molecule is CCCCCC/C=C\CCCCCCCC(CC(=O)NC(CO)C(O)CCCCCCCCCCCCCCCC)OC(=O)CCCCCCCCCCCCCCCCCCC. The van der Waals surface area contributed by atoms with Gasteiger partial charge in [0.15, 0.2) is 0 Å². The van der Waals surface area contributed by atoms with Crippen LogP contribution in [0, 0.1) is 0 Å². The average molecular weight is 891 g/mol. The van der Waals surface area contributed by atoms with Crippen molar-refractivity contribution in [3.63, 3.8) is 0 Å². The summed E-state index contributed by atoms with van der Waals surface area (Å²) in [4.78, 5) is 26.2. The number of carbonyl (C=O) groups is 2.